The quantitative estimate of drug-likeness (QED) is 0.915. The van der Waals surface area contributed by atoms with Gasteiger partial charge in [0, 0.05) is 41.7 Å². The Morgan fingerprint density at radius 1 is 1.10 bits per heavy atom. The van der Waals surface area contributed by atoms with Crippen LogP contribution in [0.2, 0.25) is 0 Å². The zero-order valence-electron chi connectivity index (χ0n) is 12.8. The van der Waals surface area contributed by atoms with Crippen molar-refractivity contribution in [2.75, 3.05) is 14.2 Å². The predicted octanol–water partition coefficient (Wildman–Crippen LogP) is 2.39. The fourth-order valence-corrected chi connectivity index (χ4v) is 2.29. The summed E-state index contributed by atoms with van der Waals surface area (Å²) in [6.45, 7) is 3.90. The number of methoxy groups -OCH3 is 2. The summed E-state index contributed by atoms with van der Waals surface area (Å²) in [5.41, 5.74) is 3.50. The number of nitrogens with zero attached hydrogens (tertiary/aromatic N) is 2. The number of rotatable bonds is 5. The molecule has 0 spiro atoms. The maximum Gasteiger partial charge on any atom is 0.212 e. The first-order valence-electron chi connectivity index (χ1n) is 6.74. The van der Waals surface area contributed by atoms with E-state index < -0.39 is 6.10 Å². The van der Waals surface area contributed by atoms with E-state index in [1.165, 1.54) is 0 Å². The molecule has 0 amide bonds. The Labute approximate surface area is 124 Å². The fraction of sp³-hybridized carbons (Fsp3) is 0.375. The molecule has 2 aromatic heterocycles. The van der Waals surface area contributed by atoms with Crippen LogP contribution in [-0.2, 0) is 6.42 Å². The van der Waals surface area contributed by atoms with E-state index in [1.54, 1.807) is 38.7 Å². The summed E-state index contributed by atoms with van der Waals surface area (Å²) in [5, 5.41) is 10.3. The van der Waals surface area contributed by atoms with Crippen LogP contribution in [0.1, 0.15) is 28.5 Å². The van der Waals surface area contributed by atoms with Gasteiger partial charge in [0.25, 0.3) is 0 Å². The summed E-state index contributed by atoms with van der Waals surface area (Å²) in [7, 11) is 3.20. The molecule has 0 bridgehead atoms. The number of pyridine rings is 2. The van der Waals surface area contributed by atoms with Gasteiger partial charge >= 0.3 is 0 Å². The van der Waals surface area contributed by atoms with Crippen LogP contribution in [0, 0.1) is 13.8 Å². The van der Waals surface area contributed by atoms with Gasteiger partial charge in [0.2, 0.25) is 5.88 Å². The monoisotopic (exact) mass is 288 g/mol. The van der Waals surface area contributed by atoms with Crippen molar-refractivity contribution in [2.24, 2.45) is 0 Å². The van der Waals surface area contributed by atoms with Gasteiger partial charge in [-0.15, -0.1) is 0 Å². The molecule has 0 aliphatic rings. The molecule has 2 heterocycles. The van der Waals surface area contributed by atoms with Crippen molar-refractivity contribution in [3.8, 4) is 11.6 Å². The van der Waals surface area contributed by atoms with Gasteiger partial charge in [0.15, 0.2) is 0 Å². The van der Waals surface area contributed by atoms with Gasteiger partial charge in [-0.3, -0.25) is 4.98 Å². The van der Waals surface area contributed by atoms with E-state index in [0.717, 1.165) is 28.1 Å². The van der Waals surface area contributed by atoms with Crippen LogP contribution in [0.5, 0.6) is 11.6 Å². The number of aliphatic hydroxyl groups excluding tert-OH is 1. The Hall–Kier alpha value is -2.14. The molecule has 21 heavy (non-hydrogen) atoms. The lowest BCUT2D eigenvalue weighted by Gasteiger charge is -2.15. The number of ether oxygens (including phenoxy) is 2. The second kappa shape index (κ2) is 6.54. The summed E-state index contributed by atoms with van der Waals surface area (Å²) in [6.07, 6.45) is 3.13. The van der Waals surface area contributed by atoms with Crippen molar-refractivity contribution in [1.29, 1.82) is 0 Å². The van der Waals surface area contributed by atoms with Crippen LogP contribution in [-0.4, -0.2) is 29.3 Å². The van der Waals surface area contributed by atoms with Crippen molar-refractivity contribution in [1.82, 2.24) is 9.97 Å². The Balaban J connectivity index is 2.20. The van der Waals surface area contributed by atoms with Crippen molar-refractivity contribution >= 4 is 0 Å². The van der Waals surface area contributed by atoms with Crippen molar-refractivity contribution in [2.45, 2.75) is 26.4 Å². The third-order valence-corrected chi connectivity index (χ3v) is 3.49. The molecule has 2 aromatic rings. The largest absolute Gasteiger partial charge is 0.496 e. The van der Waals surface area contributed by atoms with Gasteiger partial charge in [0.1, 0.15) is 5.75 Å². The molecule has 1 N–H and O–H groups in total. The molecule has 0 aromatic carbocycles. The summed E-state index contributed by atoms with van der Waals surface area (Å²) >= 11 is 0. The molecule has 1 atom stereocenters. The Bertz CT molecular complexity index is 612. The van der Waals surface area contributed by atoms with E-state index >= 15 is 0 Å². The smallest absolute Gasteiger partial charge is 0.212 e. The highest BCUT2D eigenvalue weighted by Crippen LogP contribution is 2.27. The summed E-state index contributed by atoms with van der Waals surface area (Å²) < 4.78 is 10.4. The average Bonchev–Trinajstić information content (AvgIpc) is 2.50. The molecule has 5 nitrogen and oxygen atoms in total. The molecule has 0 aliphatic carbocycles. The highest BCUT2D eigenvalue weighted by Gasteiger charge is 2.15. The Morgan fingerprint density at radius 2 is 1.86 bits per heavy atom. The maximum absolute atomic E-state index is 10.3. The molecule has 0 saturated heterocycles. The lowest BCUT2D eigenvalue weighted by molar-refractivity contribution is 0.176. The van der Waals surface area contributed by atoms with E-state index in [4.69, 9.17) is 9.47 Å². The van der Waals surface area contributed by atoms with E-state index in [1.807, 2.05) is 13.8 Å². The lowest BCUT2D eigenvalue weighted by Crippen LogP contribution is -2.07. The minimum Gasteiger partial charge on any atom is -0.496 e. The molecular formula is C16H20N2O3. The molecule has 0 aliphatic heterocycles. The predicted molar refractivity (Wildman–Crippen MR) is 79.7 cm³/mol. The highest BCUT2D eigenvalue weighted by atomic mass is 16.5. The first-order valence-corrected chi connectivity index (χ1v) is 6.74. The summed E-state index contributed by atoms with van der Waals surface area (Å²) in [4.78, 5) is 8.50. The van der Waals surface area contributed by atoms with Crippen LogP contribution in [0.3, 0.4) is 0 Å². The zero-order chi connectivity index (χ0) is 15.4. The molecule has 0 radical (unpaired) electrons. The van der Waals surface area contributed by atoms with Crippen LogP contribution in [0.25, 0.3) is 0 Å². The van der Waals surface area contributed by atoms with E-state index in [9.17, 15) is 5.11 Å². The summed E-state index contributed by atoms with van der Waals surface area (Å²) in [5.74, 6) is 1.34. The number of hydrogen-bond donors (Lipinski definition) is 1. The number of hydrogen-bond acceptors (Lipinski definition) is 5. The lowest BCUT2D eigenvalue weighted by atomic mass is 10.0. The molecule has 1 unspecified atom stereocenters. The SMILES string of the molecule is COc1ccc(C(O)Cc2ncc(C)c(OC)c2C)cn1. The molecule has 112 valence electrons. The van der Waals surface area contributed by atoms with Crippen LogP contribution in [0.4, 0.5) is 0 Å². The van der Waals surface area contributed by atoms with Gasteiger partial charge < -0.3 is 14.6 Å². The molecule has 5 heteroatoms. The maximum atomic E-state index is 10.3. The highest BCUT2D eigenvalue weighted by molar-refractivity contribution is 5.41. The third kappa shape index (κ3) is 3.31. The second-order valence-corrected chi connectivity index (χ2v) is 4.90. The minimum atomic E-state index is -0.665. The zero-order valence-corrected chi connectivity index (χ0v) is 12.8. The van der Waals surface area contributed by atoms with Gasteiger partial charge in [-0.1, -0.05) is 0 Å². The molecule has 2 rings (SSSR count). The van der Waals surface area contributed by atoms with E-state index in [0.29, 0.717) is 12.3 Å². The average molecular weight is 288 g/mol. The molecule has 0 fully saturated rings. The van der Waals surface area contributed by atoms with Crippen molar-refractivity contribution in [3.63, 3.8) is 0 Å². The first-order chi connectivity index (χ1) is 10.1. The van der Waals surface area contributed by atoms with Crippen molar-refractivity contribution in [3.05, 3.63) is 46.9 Å². The Morgan fingerprint density at radius 3 is 2.43 bits per heavy atom. The number of aliphatic hydroxyl groups is 1. The van der Waals surface area contributed by atoms with E-state index in [-0.39, 0.29) is 0 Å². The number of aromatic nitrogens is 2. The standard InChI is InChI=1S/C16H20N2O3/c1-10-8-17-13(11(2)16(10)21-4)7-14(19)12-5-6-15(20-3)18-9-12/h5-6,8-9,14,19H,7H2,1-4H3. The van der Waals surface area contributed by atoms with Gasteiger partial charge in [-0.25, -0.2) is 4.98 Å². The van der Waals surface area contributed by atoms with Crippen LogP contribution < -0.4 is 9.47 Å². The second-order valence-electron chi connectivity index (χ2n) is 4.90. The first kappa shape index (κ1) is 15.3. The van der Waals surface area contributed by atoms with Crippen LogP contribution in [0.15, 0.2) is 24.5 Å². The van der Waals surface area contributed by atoms with E-state index in [2.05, 4.69) is 9.97 Å². The van der Waals surface area contributed by atoms with Crippen LogP contribution >= 0.6 is 0 Å². The summed E-state index contributed by atoms with van der Waals surface area (Å²) in [6, 6.07) is 3.53. The van der Waals surface area contributed by atoms with Gasteiger partial charge in [-0.2, -0.15) is 0 Å². The van der Waals surface area contributed by atoms with Crippen molar-refractivity contribution < 1.29 is 14.6 Å². The van der Waals surface area contributed by atoms with Gasteiger partial charge in [-0.05, 0) is 25.5 Å². The van der Waals surface area contributed by atoms with Gasteiger partial charge in [0.05, 0.1) is 20.3 Å². The molecule has 0 saturated carbocycles. The topological polar surface area (TPSA) is 64.5 Å². The Kier molecular flexibility index (Phi) is 4.75. The third-order valence-electron chi connectivity index (χ3n) is 3.49. The number of aryl methyl sites for hydroxylation is 1. The minimum absolute atomic E-state index is 0.413. The molecular weight excluding hydrogens is 268 g/mol. The normalized spacial score (nSPS) is 12.0. The fourth-order valence-electron chi connectivity index (χ4n) is 2.29.